The highest BCUT2D eigenvalue weighted by atomic mass is 16.5. The van der Waals surface area contributed by atoms with E-state index in [1.807, 2.05) is 12.1 Å². The van der Waals surface area contributed by atoms with Crippen LogP contribution in [-0.4, -0.2) is 26.7 Å². The van der Waals surface area contributed by atoms with Crippen LogP contribution in [0.15, 0.2) is 36.4 Å². The van der Waals surface area contributed by atoms with E-state index in [4.69, 9.17) is 14.2 Å². The van der Waals surface area contributed by atoms with Crippen molar-refractivity contribution in [2.24, 2.45) is 0 Å². The Hall–Kier alpha value is -2.69. The summed E-state index contributed by atoms with van der Waals surface area (Å²) in [5.41, 5.74) is 2.27. The van der Waals surface area contributed by atoms with E-state index in [-0.39, 0.29) is 5.91 Å². The SMILES string of the molecule is COc1ccc(NC(=O)c2ccc3c(c2)CCO3)c(OC)c1. The molecule has 0 fully saturated rings. The van der Waals surface area contributed by atoms with Crippen LogP contribution >= 0.6 is 0 Å². The third kappa shape index (κ3) is 2.70. The monoisotopic (exact) mass is 299 g/mol. The Morgan fingerprint density at radius 2 is 2.00 bits per heavy atom. The Balaban J connectivity index is 1.82. The smallest absolute Gasteiger partial charge is 0.255 e. The van der Waals surface area contributed by atoms with E-state index < -0.39 is 0 Å². The minimum Gasteiger partial charge on any atom is -0.497 e. The summed E-state index contributed by atoms with van der Waals surface area (Å²) in [6, 6.07) is 10.7. The first-order valence-electron chi connectivity index (χ1n) is 7.00. The lowest BCUT2D eigenvalue weighted by Gasteiger charge is -2.12. The number of amides is 1. The molecule has 5 heteroatoms. The van der Waals surface area contributed by atoms with Crippen molar-refractivity contribution in [3.05, 3.63) is 47.5 Å². The number of nitrogens with one attached hydrogen (secondary N) is 1. The molecule has 0 atom stereocenters. The van der Waals surface area contributed by atoms with E-state index in [1.165, 1.54) is 0 Å². The molecule has 1 amide bonds. The fourth-order valence-corrected chi connectivity index (χ4v) is 2.42. The van der Waals surface area contributed by atoms with Crippen molar-refractivity contribution in [2.45, 2.75) is 6.42 Å². The Morgan fingerprint density at radius 1 is 1.14 bits per heavy atom. The van der Waals surface area contributed by atoms with Crippen LogP contribution in [0.25, 0.3) is 0 Å². The van der Waals surface area contributed by atoms with Crippen LogP contribution in [-0.2, 0) is 6.42 Å². The van der Waals surface area contributed by atoms with Crippen molar-refractivity contribution in [3.8, 4) is 17.2 Å². The number of anilines is 1. The largest absolute Gasteiger partial charge is 0.497 e. The molecule has 5 nitrogen and oxygen atoms in total. The van der Waals surface area contributed by atoms with Crippen molar-refractivity contribution in [1.82, 2.24) is 0 Å². The topological polar surface area (TPSA) is 56.8 Å². The van der Waals surface area contributed by atoms with Crippen LogP contribution in [0.4, 0.5) is 5.69 Å². The highest BCUT2D eigenvalue weighted by Crippen LogP contribution is 2.30. The number of hydrogen-bond donors (Lipinski definition) is 1. The Bertz CT molecular complexity index is 712. The molecule has 1 heterocycles. The maximum Gasteiger partial charge on any atom is 0.255 e. The molecule has 0 aliphatic carbocycles. The third-order valence-corrected chi connectivity index (χ3v) is 3.61. The molecule has 2 aromatic carbocycles. The van der Waals surface area contributed by atoms with Crippen LogP contribution in [0.1, 0.15) is 15.9 Å². The average Bonchev–Trinajstić information content (AvgIpc) is 3.02. The maximum atomic E-state index is 12.4. The van der Waals surface area contributed by atoms with Crippen LogP contribution < -0.4 is 19.5 Å². The summed E-state index contributed by atoms with van der Waals surface area (Å²) in [5.74, 6) is 1.90. The molecule has 1 aliphatic rings. The summed E-state index contributed by atoms with van der Waals surface area (Å²) in [5, 5.41) is 2.86. The summed E-state index contributed by atoms with van der Waals surface area (Å²) in [7, 11) is 3.14. The molecular formula is C17H17NO4. The van der Waals surface area contributed by atoms with Gasteiger partial charge in [0.15, 0.2) is 0 Å². The zero-order chi connectivity index (χ0) is 15.5. The first kappa shape index (κ1) is 14.3. The van der Waals surface area contributed by atoms with Crippen LogP contribution in [0, 0.1) is 0 Å². The zero-order valence-corrected chi connectivity index (χ0v) is 12.5. The van der Waals surface area contributed by atoms with Gasteiger partial charge in [-0.3, -0.25) is 4.79 Å². The second-order valence-corrected chi connectivity index (χ2v) is 4.94. The Labute approximate surface area is 128 Å². The zero-order valence-electron chi connectivity index (χ0n) is 12.5. The Morgan fingerprint density at radius 3 is 2.77 bits per heavy atom. The number of fused-ring (bicyclic) bond motifs is 1. The predicted molar refractivity (Wildman–Crippen MR) is 83.1 cm³/mol. The van der Waals surface area contributed by atoms with Crippen molar-refractivity contribution >= 4 is 11.6 Å². The van der Waals surface area contributed by atoms with Gasteiger partial charge in [0.05, 0.1) is 26.5 Å². The van der Waals surface area contributed by atoms with Gasteiger partial charge in [0.25, 0.3) is 5.91 Å². The first-order chi connectivity index (χ1) is 10.7. The molecule has 0 aromatic heterocycles. The Kier molecular flexibility index (Phi) is 3.87. The lowest BCUT2D eigenvalue weighted by molar-refractivity contribution is 0.102. The van der Waals surface area contributed by atoms with E-state index in [0.717, 1.165) is 17.7 Å². The fraction of sp³-hybridized carbons (Fsp3) is 0.235. The van der Waals surface area contributed by atoms with Crippen molar-refractivity contribution in [1.29, 1.82) is 0 Å². The van der Waals surface area contributed by atoms with Gasteiger partial charge in [-0.05, 0) is 35.9 Å². The van der Waals surface area contributed by atoms with Crippen molar-refractivity contribution in [3.63, 3.8) is 0 Å². The summed E-state index contributed by atoms with van der Waals surface area (Å²) < 4.78 is 15.9. The predicted octanol–water partition coefficient (Wildman–Crippen LogP) is 2.89. The van der Waals surface area contributed by atoms with Gasteiger partial charge >= 0.3 is 0 Å². The number of methoxy groups -OCH3 is 2. The minimum atomic E-state index is -0.182. The van der Waals surface area contributed by atoms with E-state index >= 15 is 0 Å². The molecule has 0 bridgehead atoms. The van der Waals surface area contributed by atoms with Gasteiger partial charge < -0.3 is 19.5 Å². The van der Waals surface area contributed by atoms with E-state index in [0.29, 0.717) is 29.4 Å². The standard InChI is InChI=1S/C17H17NO4/c1-20-13-4-5-14(16(10-13)21-2)18-17(19)12-3-6-15-11(9-12)7-8-22-15/h3-6,9-10H,7-8H2,1-2H3,(H,18,19). The highest BCUT2D eigenvalue weighted by molar-refractivity contribution is 6.05. The van der Waals surface area contributed by atoms with Crippen LogP contribution in [0.3, 0.4) is 0 Å². The molecule has 0 unspecified atom stereocenters. The molecule has 0 radical (unpaired) electrons. The van der Waals surface area contributed by atoms with Crippen LogP contribution in [0.5, 0.6) is 17.2 Å². The second-order valence-electron chi connectivity index (χ2n) is 4.94. The first-order valence-corrected chi connectivity index (χ1v) is 7.00. The summed E-state index contributed by atoms with van der Waals surface area (Å²) >= 11 is 0. The molecule has 1 aliphatic heterocycles. The number of ether oxygens (including phenoxy) is 3. The summed E-state index contributed by atoms with van der Waals surface area (Å²) in [6.07, 6.45) is 0.836. The van der Waals surface area contributed by atoms with E-state index in [1.54, 1.807) is 38.5 Å². The number of hydrogen-bond acceptors (Lipinski definition) is 4. The van der Waals surface area contributed by atoms with Crippen molar-refractivity contribution < 1.29 is 19.0 Å². The van der Waals surface area contributed by atoms with E-state index in [9.17, 15) is 4.79 Å². The minimum absolute atomic E-state index is 0.182. The fourth-order valence-electron chi connectivity index (χ4n) is 2.42. The number of benzene rings is 2. The van der Waals surface area contributed by atoms with Gasteiger partial charge in [-0.25, -0.2) is 0 Å². The molecule has 0 saturated carbocycles. The van der Waals surface area contributed by atoms with E-state index in [2.05, 4.69) is 5.32 Å². The number of carbonyl (C=O) groups is 1. The van der Waals surface area contributed by atoms with Gasteiger partial charge in [-0.1, -0.05) is 0 Å². The highest BCUT2D eigenvalue weighted by Gasteiger charge is 2.16. The molecule has 3 rings (SSSR count). The molecule has 1 N–H and O–H groups in total. The summed E-state index contributed by atoms with van der Waals surface area (Å²) in [4.78, 5) is 12.4. The second kappa shape index (κ2) is 5.97. The van der Waals surface area contributed by atoms with Gasteiger partial charge in [0, 0.05) is 18.1 Å². The molecular weight excluding hydrogens is 282 g/mol. The molecule has 114 valence electrons. The van der Waals surface area contributed by atoms with Gasteiger partial charge in [0.1, 0.15) is 17.2 Å². The number of rotatable bonds is 4. The maximum absolute atomic E-state index is 12.4. The lowest BCUT2D eigenvalue weighted by Crippen LogP contribution is -2.12. The van der Waals surface area contributed by atoms with Crippen molar-refractivity contribution in [2.75, 3.05) is 26.1 Å². The van der Waals surface area contributed by atoms with Gasteiger partial charge in [-0.15, -0.1) is 0 Å². The van der Waals surface area contributed by atoms with Gasteiger partial charge in [-0.2, -0.15) is 0 Å². The number of carbonyl (C=O) groups excluding carboxylic acids is 1. The molecule has 0 saturated heterocycles. The third-order valence-electron chi connectivity index (χ3n) is 3.61. The summed E-state index contributed by atoms with van der Waals surface area (Å²) in [6.45, 7) is 0.673. The lowest BCUT2D eigenvalue weighted by atomic mass is 10.1. The van der Waals surface area contributed by atoms with Crippen LogP contribution in [0.2, 0.25) is 0 Å². The normalized spacial score (nSPS) is 12.3. The quantitative estimate of drug-likeness (QED) is 0.943. The molecule has 2 aromatic rings. The molecule has 0 spiro atoms. The average molecular weight is 299 g/mol. The van der Waals surface area contributed by atoms with Gasteiger partial charge in [0.2, 0.25) is 0 Å². The molecule has 22 heavy (non-hydrogen) atoms.